The van der Waals surface area contributed by atoms with Crippen molar-refractivity contribution in [2.24, 2.45) is 0 Å². The summed E-state index contributed by atoms with van der Waals surface area (Å²) in [6.45, 7) is 8.19. The molecule has 0 spiro atoms. The number of hydrogen-bond acceptors (Lipinski definition) is 5. The molecule has 146 valence electrons. The lowest BCUT2D eigenvalue weighted by Crippen LogP contribution is -2.43. The molecule has 1 aromatic heterocycles. The fourth-order valence-corrected chi connectivity index (χ4v) is 2.48. The lowest BCUT2D eigenvalue weighted by atomic mass is 10.1. The number of nitriles is 1. The number of unbranched alkanes of at least 4 members (excludes halogenated alkanes) is 1. The largest absolute Gasteiger partial charge is 0.448 e. The number of aromatic nitrogens is 1. The number of hydrogen-bond donors (Lipinski definition) is 2. The number of nitrogens with zero attached hydrogens (tertiary/aromatic N) is 2. The number of esters is 1. The SMILES string of the molecule is CCCCn1c(C)cc(/C=C(\C#N)C(=O)O[C@@H](C)C(=O)NC(=O)NC)c1C. The molecule has 0 unspecified atom stereocenters. The van der Waals surface area contributed by atoms with E-state index in [0.29, 0.717) is 0 Å². The Kier molecular flexibility index (Phi) is 8.27. The standard InChI is InChI=1S/C19H26N4O4/c1-6-7-8-23-12(2)9-15(13(23)3)10-16(11-20)18(25)27-14(4)17(24)22-19(26)21-5/h9-10,14H,6-8H2,1-5H3,(H2,21,22,24,26)/b16-10+/t14-/m0/s1. The van der Waals surface area contributed by atoms with Crippen LogP contribution in [0.25, 0.3) is 6.08 Å². The van der Waals surface area contributed by atoms with Gasteiger partial charge in [0.2, 0.25) is 0 Å². The summed E-state index contributed by atoms with van der Waals surface area (Å²) in [5, 5.41) is 13.5. The van der Waals surface area contributed by atoms with Gasteiger partial charge in [-0.3, -0.25) is 10.1 Å². The zero-order chi connectivity index (χ0) is 20.6. The lowest BCUT2D eigenvalue weighted by molar-refractivity contribution is -0.150. The first-order chi connectivity index (χ1) is 12.7. The molecule has 0 aliphatic rings. The van der Waals surface area contributed by atoms with Crippen LogP contribution in [-0.2, 0) is 20.9 Å². The Hall–Kier alpha value is -3.08. The van der Waals surface area contributed by atoms with Crippen molar-refractivity contribution < 1.29 is 19.1 Å². The first-order valence-corrected chi connectivity index (χ1v) is 8.77. The van der Waals surface area contributed by atoms with Crippen LogP contribution >= 0.6 is 0 Å². The number of rotatable bonds is 7. The Morgan fingerprint density at radius 1 is 1.37 bits per heavy atom. The molecular weight excluding hydrogens is 348 g/mol. The number of imide groups is 1. The predicted molar refractivity (Wildman–Crippen MR) is 101 cm³/mol. The Morgan fingerprint density at radius 2 is 2.04 bits per heavy atom. The van der Waals surface area contributed by atoms with Gasteiger partial charge in [-0.2, -0.15) is 5.26 Å². The highest BCUT2D eigenvalue weighted by atomic mass is 16.5. The number of urea groups is 1. The van der Waals surface area contributed by atoms with E-state index in [4.69, 9.17) is 4.74 Å². The van der Waals surface area contributed by atoms with Crippen LogP contribution in [0.1, 0.15) is 43.6 Å². The minimum atomic E-state index is -1.22. The second-order valence-electron chi connectivity index (χ2n) is 6.12. The molecule has 0 fully saturated rings. The zero-order valence-electron chi connectivity index (χ0n) is 16.4. The quantitative estimate of drug-likeness (QED) is 0.431. The molecule has 0 aliphatic heterocycles. The average Bonchev–Trinajstić information content (AvgIpc) is 2.90. The fraction of sp³-hybridized carbons (Fsp3) is 0.474. The van der Waals surface area contributed by atoms with Crippen LogP contribution in [0.5, 0.6) is 0 Å². The molecule has 0 aromatic carbocycles. The molecule has 1 aromatic rings. The van der Waals surface area contributed by atoms with E-state index >= 15 is 0 Å². The van der Waals surface area contributed by atoms with Gasteiger partial charge in [0.1, 0.15) is 11.6 Å². The Morgan fingerprint density at radius 3 is 2.59 bits per heavy atom. The highest BCUT2D eigenvalue weighted by Gasteiger charge is 2.22. The molecule has 8 heteroatoms. The van der Waals surface area contributed by atoms with Crippen LogP contribution in [0.3, 0.4) is 0 Å². The van der Waals surface area contributed by atoms with Crippen molar-refractivity contribution in [2.75, 3.05) is 7.05 Å². The van der Waals surface area contributed by atoms with Gasteiger partial charge in [0.05, 0.1) is 0 Å². The van der Waals surface area contributed by atoms with Crippen molar-refractivity contribution in [3.05, 3.63) is 28.6 Å². The number of nitrogens with one attached hydrogen (secondary N) is 2. The highest BCUT2D eigenvalue weighted by molar-refractivity contribution is 6.01. The maximum atomic E-state index is 12.2. The van der Waals surface area contributed by atoms with Crippen molar-refractivity contribution in [1.82, 2.24) is 15.2 Å². The van der Waals surface area contributed by atoms with E-state index in [1.165, 1.54) is 20.0 Å². The second kappa shape index (κ2) is 10.2. The number of amides is 3. The van der Waals surface area contributed by atoms with Gasteiger partial charge in [0.25, 0.3) is 5.91 Å². The summed E-state index contributed by atoms with van der Waals surface area (Å²) >= 11 is 0. The number of aryl methyl sites for hydroxylation is 1. The summed E-state index contributed by atoms with van der Waals surface area (Å²) in [6, 6.07) is 3.00. The molecular formula is C19H26N4O4. The van der Waals surface area contributed by atoms with E-state index in [1.54, 1.807) is 0 Å². The summed E-state index contributed by atoms with van der Waals surface area (Å²) in [6.07, 6.45) is 2.33. The van der Waals surface area contributed by atoms with Crippen LogP contribution in [0, 0.1) is 25.2 Å². The van der Waals surface area contributed by atoms with Crippen LogP contribution in [0.15, 0.2) is 11.6 Å². The Bertz CT molecular complexity index is 786. The van der Waals surface area contributed by atoms with E-state index in [2.05, 4.69) is 16.8 Å². The number of carbonyl (C=O) groups excluding carboxylic acids is 3. The van der Waals surface area contributed by atoms with Crippen molar-refractivity contribution >= 4 is 24.0 Å². The molecule has 0 bridgehead atoms. The highest BCUT2D eigenvalue weighted by Crippen LogP contribution is 2.19. The van der Waals surface area contributed by atoms with E-state index in [1.807, 2.05) is 31.3 Å². The minimum absolute atomic E-state index is 0.217. The van der Waals surface area contributed by atoms with Crippen molar-refractivity contribution in [2.45, 2.75) is 53.2 Å². The van der Waals surface area contributed by atoms with Crippen molar-refractivity contribution in [3.8, 4) is 6.07 Å². The van der Waals surface area contributed by atoms with Crippen LogP contribution in [0.4, 0.5) is 4.79 Å². The van der Waals surface area contributed by atoms with E-state index in [9.17, 15) is 19.6 Å². The van der Waals surface area contributed by atoms with Crippen LogP contribution < -0.4 is 10.6 Å². The first kappa shape index (κ1) is 22.0. The first-order valence-electron chi connectivity index (χ1n) is 8.77. The van der Waals surface area contributed by atoms with Gasteiger partial charge in [0, 0.05) is 25.0 Å². The monoisotopic (exact) mass is 374 g/mol. The van der Waals surface area contributed by atoms with Crippen molar-refractivity contribution in [3.63, 3.8) is 0 Å². The summed E-state index contributed by atoms with van der Waals surface area (Å²) in [5.41, 5.74) is 2.52. The molecule has 1 rings (SSSR count). The molecule has 0 radical (unpaired) electrons. The zero-order valence-corrected chi connectivity index (χ0v) is 16.4. The molecule has 1 heterocycles. The molecule has 1 atom stereocenters. The normalized spacial score (nSPS) is 12.1. The molecule has 2 N–H and O–H groups in total. The van der Waals surface area contributed by atoms with Gasteiger partial charge in [-0.25, -0.2) is 9.59 Å². The molecule has 3 amide bonds. The average molecular weight is 374 g/mol. The Balaban J connectivity index is 2.94. The predicted octanol–water partition coefficient (Wildman–Crippen LogP) is 2.20. The fourth-order valence-electron chi connectivity index (χ4n) is 2.48. The van der Waals surface area contributed by atoms with Crippen LogP contribution in [0.2, 0.25) is 0 Å². The van der Waals surface area contributed by atoms with Crippen LogP contribution in [-0.4, -0.2) is 35.6 Å². The van der Waals surface area contributed by atoms with Gasteiger partial charge in [-0.15, -0.1) is 0 Å². The third-order valence-corrected chi connectivity index (χ3v) is 4.11. The van der Waals surface area contributed by atoms with Gasteiger partial charge >= 0.3 is 12.0 Å². The third-order valence-electron chi connectivity index (χ3n) is 4.11. The number of carbonyl (C=O) groups is 3. The molecule has 8 nitrogen and oxygen atoms in total. The van der Waals surface area contributed by atoms with E-state index in [-0.39, 0.29) is 5.57 Å². The van der Waals surface area contributed by atoms with Crippen molar-refractivity contribution in [1.29, 1.82) is 5.26 Å². The summed E-state index contributed by atoms with van der Waals surface area (Å²) in [7, 11) is 1.35. The number of ether oxygens (including phenoxy) is 1. The topological polar surface area (TPSA) is 113 Å². The van der Waals surface area contributed by atoms with E-state index in [0.717, 1.165) is 36.3 Å². The second-order valence-corrected chi connectivity index (χ2v) is 6.12. The maximum absolute atomic E-state index is 12.2. The van der Waals surface area contributed by atoms with Gasteiger partial charge in [0.15, 0.2) is 6.10 Å². The molecule has 27 heavy (non-hydrogen) atoms. The lowest BCUT2D eigenvalue weighted by Gasteiger charge is -2.12. The van der Waals surface area contributed by atoms with Gasteiger partial charge in [-0.1, -0.05) is 13.3 Å². The third kappa shape index (κ3) is 5.99. The molecule has 0 saturated carbocycles. The molecule has 0 saturated heterocycles. The molecule has 0 aliphatic carbocycles. The van der Waals surface area contributed by atoms with E-state index < -0.39 is 24.0 Å². The smallest absolute Gasteiger partial charge is 0.349 e. The summed E-state index contributed by atoms with van der Waals surface area (Å²) in [4.78, 5) is 35.1. The summed E-state index contributed by atoms with van der Waals surface area (Å²) < 4.78 is 7.13. The van der Waals surface area contributed by atoms with Gasteiger partial charge in [-0.05, 0) is 44.9 Å². The Labute approximate surface area is 159 Å². The summed E-state index contributed by atoms with van der Waals surface area (Å²) in [5.74, 6) is -1.70. The minimum Gasteiger partial charge on any atom is -0.448 e. The van der Waals surface area contributed by atoms with Gasteiger partial charge < -0.3 is 14.6 Å². The maximum Gasteiger partial charge on any atom is 0.349 e.